The summed E-state index contributed by atoms with van der Waals surface area (Å²) >= 11 is 0. The van der Waals surface area contributed by atoms with E-state index in [1.807, 2.05) is 6.07 Å². The van der Waals surface area contributed by atoms with E-state index in [4.69, 9.17) is 5.26 Å². The number of rotatable bonds is 5. The maximum Gasteiger partial charge on any atom is 0.416 e. The largest absolute Gasteiger partial charge is 0.416 e. The lowest BCUT2D eigenvalue weighted by Crippen LogP contribution is -2.10. The highest BCUT2D eigenvalue weighted by Crippen LogP contribution is 2.32. The number of pyridine rings is 2. The van der Waals surface area contributed by atoms with Crippen LogP contribution in [0.1, 0.15) is 18.1 Å². The second-order valence-electron chi connectivity index (χ2n) is 6.26. The first-order chi connectivity index (χ1) is 14.1. The molecule has 0 saturated carbocycles. The van der Waals surface area contributed by atoms with Crippen molar-refractivity contribution in [1.82, 2.24) is 24.7 Å². The standard InChI is InChI=1S/C18H15F3N6O2S/c1-3-30(28,29)14-8-11(4-6-22)10-24-15(14)17-26-25-16(27(17)2)13-9-12(5-7-23-13)18(19,20)21/h5,7-10H,3-4H2,1-2H3. The van der Waals surface area contributed by atoms with Gasteiger partial charge < -0.3 is 4.57 Å². The molecule has 0 N–H and O–H groups in total. The molecule has 0 aliphatic rings. The van der Waals surface area contributed by atoms with Gasteiger partial charge in [-0.05, 0) is 23.8 Å². The molecule has 12 heteroatoms. The summed E-state index contributed by atoms with van der Waals surface area (Å²) in [5, 5.41) is 16.7. The van der Waals surface area contributed by atoms with Crippen molar-refractivity contribution in [3.8, 4) is 29.1 Å². The Kier molecular flexibility index (Phi) is 5.58. The molecule has 0 fully saturated rings. The van der Waals surface area contributed by atoms with Crippen LogP contribution in [0.25, 0.3) is 23.0 Å². The topological polar surface area (TPSA) is 114 Å². The maximum atomic E-state index is 13.0. The van der Waals surface area contributed by atoms with Crippen LogP contribution in [0.4, 0.5) is 13.2 Å². The molecule has 0 atom stereocenters. The number of alkyl halides is 3. The number of nitriles is 1. The Morgan fingerprint density at radius 2 is 1.87 bits per heavy atom. The summed E-state index contributed by atoms with van der Waals surface area (Å²) in [6.07, 6.45) is -2.23. The molecule has 3 rings (SSSR count). The van der Waals surface area contributed by atoms with Crippen molar-refractivity contribution in [2.75, 3.05) is 5.75 Å². The molecule has 0 unspecified atom stereocenters. The van der Waals surface area contributed by atoms with E-state index in [1.165, 1.54) is 30.8 Å². The fourth-order valence-electron chi connectivity index (χ4n) is 2.72. The Bertz CT molecular complexity index is 1250. The summed E-state index contributed by atoms with van der Waals surface area (Å²) in [4.78, 5) is 7.94. The lowest BCUT2D eigenvalue weighted by atomic mass is 10.2. The van der Waals surface area contributed by atoms with Crippen LogP contribution in [0.5, 0.6) is 0 Å². The summed E-state index contributed by atoms with van der Waals surface area (Å²) in [6.45, 7) is 1.46. The van der Waals surface area contributed by atoms with E-state index in [0.29, 0.717) is 5.56 Å². The van der Waals surface area contributed by atoms with Crippen LogP contribution < -0.4 is 0 Å². The van der Waals surface area contributed by atoms with Crippen LogP contribution in [0, 0.1) is 11.3 Å². The van der Waals surface area contributed by atoms with Gasteiger partial charge in [0.15, 0.2) is 21.5 Å². The first kappa shape index (κ1) is 21.4. The molecule has 0 spiro atoms. The molecule has 30 heavy (non-hydrogen) atoms. The summed E-state index contributed by atoms with van der Waals surface area (Å²) in [5.41, 5.74) is -0.570. The molecule has 0 aliphatic heterocycles. The summed E-state index contributed by atoms with van der Waals surface area (Å²) in [7, 11) is -2.26. The van der Waals surface area contributed by atoms with Gasteiger partial charge in [0.25, 0.3) is 0 Å². The van der Waals surface area contributed by atoms with Crippen LogP contribution in [0.3, 0.4) is 0 Å². The Labute approximate surface area is 170 Å². The molecule has 8 nitrogen and oxygen atoms in total. The van der Waals surface area contributed by atoms with Gasteiger partial charge >= 0.3 is 6.18 Å². The van der Waals surface area contributed by atoms with Gasteiger partial charge in [-0.1, -0.05) is 6.92 Å². The minimum Gasteiger partial charge on any atom is -0.307 e. The van der Waals surface area contributed by atoms with E-state index in [2.05, 4.69) is 20.2 Å². The molecule has 3 aromatic heterocycles. The monoisotopic (exact) mass is 436 g/mol. The Morgan fingerprint density at radius 3 is 2.50 bits per heavy atom. The van der Waals surface area contributed by atoms with Gasteiger partial charge in [0.05, 0.1) is 28.7 Å². The van der Waals surface area contributed by atoms with Crippen LogP contribution in [-0.2, 0) is 29.5 Å². The van der Waals surface area contributed by atoms with E-state index in [-0.39, 0.29) is 40.1 Å². The third-order valence-corrected chi connectivity index (χ3v) is 6.05. The molecule has 0 radical (unpaired) electrons. The summed E-state index contributed by atoms with van der Waals surface area (Å²) < 4.78 is 65.5. The fourth-order valence-corrected chi connectivity index (χ4v) is 3.80. The van der Waals surface area contributed by atoms with Gasteiger partial charge in [-0.2, -0.15) is 18.4 Å². The third-order valence-electron chi connectivity index (χ3n) is 4.31. The number of aromatic nitrogens is 5. The van der Waals surface area contributed by atoms with E-state index >= 15 is 0 Å². The third kappa shape index (κ3) is 4.02. The second kappa shape index (κ2) is 7.83. The predicted molar refractivity (Wildman–Crippen MR) is 99.5 cm³/mol. The zero-order chi connectivity index (χ0) is 22.1. The highest BCUT2D eigenvalue weighted by Gasteiger charge is 2.31. The number of hydrogen-bond acceptors (Lipinski definition) is 7. The van der Waals surface area contributed by atoms with Crippen molar-refractivity contribution in [2.24, 2.45) is 7.05 Å². The van der Waals surface area contributed by atoms with E-state index in [0.717, 1.165) is 18.3 Å². The zero-order valence-electron chi connectivity index (χ0n) is 15.8. The normalized spacial score (nSPS) is 12.0. The summed E-state index contributed by atoms with van der Waals surface area (Å²) in [6, 6.07) is 4.94. The number of halogens is 3. The minimum atomic E-state index is -4.56. The number of sulfone groups is 1. The molecule has 0 aromatic carbocycles. The van der Waals surface area contributed by atoms with Gasteiger partial charge in [-0.15, -0.1) is 10.2 Å². The van der Waals surface area contributed by atoms with E-state index in [1.54, 1.807) is 0 Å². The number of hydrogen-bond donors (Lipinski definition) is 0. The molecule has 156 valence electrons. The highest BCUT2D eigenvalue weighted by molar-refractivity contribution is 7.91. The smallest absolute Gasteiger partial charge is 0.307 e. The zero-order valence-corrected chi connectivity index (χ0v) is 16.7. The van der Waals surface area contributed by atoms with Crippen molar-refractivity contribution >= 4 is 9.84 Å². The predicted octanol–water partition coefficient (Wildman–Crippen LogP) is 2.82. The van der Waals surface area contributed by atoms with E-state index < -0.39 is 21.6 Å². The quantitative estimate of drug-likeness (QED) is 0.604. The van der Waals surface area contributed by atoms with Crippen molar-refractivity contribution in [3.05, 3.63) is 41.7 Å². The van der Waals surface area contributed by atoms with Crippen LogP contribution in [-0.4, -0.2) is 38.9 Å². The fraction of sp³-hybridized carbons (Fsp3) is 0.278. The Hall–Kier alpha value is -3.33. The van der Waals surface area contributed by atoms with E-state index in [9.17, 15) is 21.6 Å². The van der Waals surface area contributed by atoms with Gasteiger partial charge in [0.2, 0.25) is 0 Å². The van der Waals surface area contributed by atoms with Crippen LogP contribution >= 0.6 is 0 Å². The van der Waals surface area contributed by atoms with Gasteiger partial charge in [-0.3, -0.25) is 9.97 Å². The molecule has 3 heterocycles. The van der Waals surface area contributed by atoms with Crippen molar-refractivity contribution in [2.45, 2.75) is 24.4 Å². The molecule has 0 bridgehead atoms. The molecule has 0 aliphatic carbocycles. The SMILES string of the molecule is CCS(=O)(=O)c1cc(CC#N)cnc1-c1nnc(-c2cc(C(F)(F)F)ccn2)n1C. The Balaban J connectivity index is 2.17. The van der Waals surface area contributed by atoms with Crippen molar-refractivity contribution in [3.63, 3.8) is 0 Å². The first-order valence-electron chi connectivity index (χ1n) is 8.60. The molecular formula is C18H15F3N6O2S. The molecule has 0 amide bonds. The molecular weight excluding hydrogens is 421 g/mol. The molecule has 0 saturated heterocycles. The van der Waals surface area contributed by atoms with Crippen LogP contribution in [0.15, 0.2) is 35.5 Å². The van der Waals surface area contributed by atoms with Gasteiger partial charge in [0, 0.05) is 19.4 Å². The minimum absolute atomic E-state index is 0.00762. The second-order valence-corrected chi connectivity index (χ2v) is 8.51. The average Bonchev–Trinajstić information content (AvgIpc) is 3.09. The summed E-state index contributed by atoms with van der Waals surface area (Å²) in [5.74, 6) is -0.156. The Morgan fingerprint density at radius 1 is 1.17 bits per heavy atom. The average molecular weight is 436 g/mol. The maximum absolute atomic E-state index is 13.0. The molecule has 3 aromatic rings. The lowest BCUT2D eigenvalue weighted by molar-refractivity contribution is -0.137. The van der Waals surface area contributed by atoms with Gasteiger partial charge in [0.1, 0.15) is 11.4 Å². The van der Waals surface area contributed by atoms with Crippen molar-refractivity contribution in [1.29, 1.82) is 5.26 Å². The van der Waals surface area contributed by atoms with Crippen LogP contribution in [0.2, 0.25) is 0 Å². The van der Waals surface area contributed by atoms with Gasteiger partial charge in [-0.25, -0.2) is 8.42 Å². The van der Waals surface area contributed by atoms with Crippen molar-refractivity contribution < 1.29 is 21.6 Å². The lowest BCUT2D eigenvalue weighted by Gasteiger charge is -2.10. The highest BCUT2D eigenvalue weighted by atomic mass is 32.2. The first-order valence-corrected chi connectivity index (χ1v) is 10.3. The number of nitrogens with zero attached hydrogens (tertiary/aromatic N) is 6.